The molecule has 2 aromatic rings. The minimum atomic E-state index is -0.837. The van der Waals surface area contributed by atoms with Crippen LogP contribution < -0.4 is 0 Å². The van der Waals surface area contributed by atoms with Gasteiger partial charge in [0, 0.05) is 23.9 Å². The zero-order chi connectivity index (χ0) is 25.3. The molecule has 1 saturated heterocycles. The Kier molecular flexibility index (Phi) is 7.21. The van der Waals surface area contributed by atoms with Crippen molar-refractivity contribution in [3.63, 3.8) is 0 Å². The summed E-state index contributed by atoms with van der Waals surface area (Å²) in [5.74, 6) is -2.42. The smallest absolute Gasteiger partial charge is 0.167 e. The van der Waals surface area contributed by atoms with E-state index in [0.717, 1.165) is 0 Å². The van der Waals surface area contributed by atoms with Crippen LogP contribution in [0.2, 0.25) is 5.15 Å². The first-order chi connectivity index (χ1) is 15.6. The molecule has 1 aliphatic rings. The van der Waals surface area contributed by atoms with Crippen molar-refractivity contribution in [3.8, 4) is 0 Å². The van der Waals surface area contributed by atoms with Crippen LogP contribution in [-0.4, -0.2) is 64.3 Å². The highest BCUT2D eigenvalue weighted by Crippen LogP contribution is 2.36. The maximum atomic E-state index is 8.25. The molecule has 4 atom stereocenters. The molecule has 8 nitrogen and oxygen atoms in total. The first-order valence-corrected chi connectivity index (χ1v) is 10.8. The summed E-state index contributed by atoms with van der Waals surface area (Å²) in [6.07, 6.45) is 0.489. The number of nitrogens with zero attached hydrogens (tertiary/aromatic N) is 4. The first kappa shape index (κ1) is 20.3. The van der Waals surface area contributed by atoms with Crippen molar-refractivity contribution in [2.75, 3.05) is 26.4 Å². The Hall–Kier alpha value is -1.32. The molecule has 2 aromatic heterocycles. The summed E-state index contributed by atoms with van der Waals surface area (Å²) in [6.45, 7) is 11.3. The van der Waals surface area contributed by atoms with E-state index in [1.165, 1.54) is 6.33 Å². The van der Waals surface area contributed by atoms with Gasteiger partial charge in [0.05, 0.1) is 12.9 Å². The second-order valence-electron chi connectivity index (χ2n) is 8.74. The van der Waals surface area contributed by atoms with E-state index in [1.54, 1.807) is 52.4 Å². The van der Waals surface area contributed by atoms with Gasteiger partial charge in [-0.2, -0.15) is 0 Å². The van der Waals surface area contributed by atoms with E-state index in [9.17, 15) is 0 Å². The monoisotopic (exact) mass is 457 g/mol. The number of fused-ring (bicyclic) bond motifs is 1. The molecule has 174 valence electrons. The molecular weight excluding hydrogens is 420 g/mol. The highest BCUT2D eigenvalue weighted by molar-refractivity contribution is 6.33. The predicted octanol–water partition coefficient (Wildman–Crippen LogP) is 4.13. The standard InChI is InChI=1S/C22H35ClN4O4/c1-13(2)7-28-10-16-18(29-8-14(3)4)19(30-9-15(5)6)22(31-16)27-12-26-17-20(23)24-11-25-21(17)27/h11-16,18-19,22H,7-10H2,1-6H3/t16-,18-,19-,22?/m1/s1/i13D,14D,15D. The molecule has 0 bridgehead atoms. The summed E-state index contributed by atoms with van der Waals surface area (Å²) in [6, 6.07) is 0. The lowest BCUT2D eigenvalue weighted by molar-refractivity contribution is -0.0904. The number of rotatable bonds is 11. The Bertz CT molecular complexity index is 958. The number of hydrogen-bond donors (Lipinski definition) is 0. The molecule has 0 amide bonds. The van der Waals surface area contributed by atoms with Crippen LogP contribution in [0.1, 0.15) is 51.9 Å². The second kappa shape index (κ2) is 11.0. The second-order valence-corrected chi connectivity index (χ2v) is 9.10. The van der Waals surface area contributed by atoms with E-state index >= 15 is 0 Å². The zero-order valence-electron chi connectivity index (χ0n) is 22.1. The molecule has 3 rings (SSSR count). The van der Waals surface area contributed by atoms with E-state index in [1.807, 2.05) is 0 Å². The van der Waals surface area contributed by atoms with Gasteiger partial charge in [-0.25, -0.2) is 15.0 Å². The minimum absolute atomic E-state index is 0.136. The number of imidazole rings is 1. The van der Waals surface area contributed by atoms with Crippen LogP contribution in [0.25, 0.3) is 11.2 Å². The average molecular weight is 458 g/mol. The maximum absolute atomic E-state index is 8.25. The van der Waals surface area contributed by atoms with E-state index in [4.69, 9.17) is 34.7 Å². The summed E-state index contributed by atoms with van der Waals surface area (Å²) < 4.78 is 50.9. The van der Waals surface area contributed by atoms with Gasteiger partial charge in [-0.05, 0) is 17.7 Å². The minimum Gasteiger partial charge on any atom is -0.378 e. The Morgan fingerprint density at radius 3 is 2.29 bits per heavy atom. The van der Waals surface area contributed by atoms with E-state index in [2.05, 4.69) is 15.0 Å². The molecule has 3 heterocycles. The lowest BCUT2D eigenvalue weighted by atomic mass is 10.1. The highest BCUT2D eigenvalue weighted by Gasteiger charge is 2.48. The first-order valence-electron chi connectivity index (χ1n) is 11.9. The van der Waals surface area contributed by atoms with Crippen LogP contribution in [-0.2, 0) is 18.9 Å². The third-order valence-corrected chi connectivity index (χ3v) is 4.95. The summed E-state index contributed by atoms with van der Waals surface area (Å²) in [4.78, 5) is 12.7. The van der Waals surface area contributed by atoms with Crippen molar-refractivity contribution in [3.05, 3.63) is 17.8 Å². The fraction of sp³-hybridized carbons (Fsp3) is 0.773. The molecule has 1 fully saturated rings. The molecule has 0 radical (unpaired) electrons. The molecule has 0 aromatic carbocycles. The highest BCUT2D eigenvalue weighted by atomic mass is 35.5. The van der Waals surface area contributed by atoms with Crippen molar-refractivity contribution < 1.29 is 23.1 Å². The van der Waals surface area contributed by atoms with Crippen LogP contribution in [0.4, 0.5) is 0 Å². The summed E-state index contributed by atoms with van der Waals surface area (Å²) in [7, 11) is 0. The van der Waals surface area contributed by atoms with Crippen LogP contribution in [0.5, 0.6) is 0 Å². The van der Waals surface area contributed by atoms with Gasteiger partial charge in [-0.1, -0.05) is 53.1 Å². The summed E-state index contributed by atoms with van der Waals surface area (Å²) >= 11 is 6.20. The molecule has 9 heteroatoms. The zero-order valence-corrected chi connectivity index (χ0v) is 19.8. The van der Waals surface area contributed by atoms with Crippen LogP contribution in [0, 0.1) is 17.7 Å². The molecule has 0 saturated carbocycles. The molecule has 1 aliphatic heterocycles. The lowest BCUT2D eigenvalue weighted by Gasteiger charge is -2.26. The number of ether oxygens (including phenoxy) is 4. The van der Waals surface area contributed by atoms with Gasteiger partial charge in [0.2, 0.25) is 0 Å². The summed E-state index contributed by atoms with van der Waals surface area (Å²) in [5.41, 5.74) is 0.921. The largest absolute Gasteiger partial charge is 0.378 e. The van der Waals surface area contributed by atoms with Crippen LogP contribution in [0.3, 0.4) is 0 Å². The fourth-order valence-electron chi connectivity index (χ4n) is 3.36. The van der Waals surface area contributed by atoms with Gasteiger partial charge < -0.3 is 18.9 Å². The summed E-state index contributed by atoms with van der Waals surface area (Å²) in [5, 5.41) is 0.229. The third kappa shape index (κ3) is 6.14. The van der Waals surface area contributed by atoms with Crippen molar-refractivity contribution in [1.29, 1.82) is 0 Å². The van der Waals surface area contributed by atoms with Gasteiger partial charge in [-0.15, -0.1) is 0 Å². The van der Waals surface area contributed by atoms with Crippen molar-refractivity contribution >= 4 is 22.8 Å². The van der Waals surface area contributed by atoms with Gasteiger partial charge in [0.15, 0.2) is 17.0 Å². The maximum Gasteiger partial charge on any atom is 0.167 e. The topological polar surface area (TPSA) is 80.5 Å². The molecule has 1 unspecified atom stereocenters. The Labute approximate surface area is 193 Å². The predicted molar refractivity (Wildman–Crippen MR) is 119 cm³/mol. The van der Waals surface area contributed by atoms with E-state index < -0.39 is 42.2 Å². The Morgan fingerprint density at radius 1 is 1.00 bits per heavy atom. The molecule has 0 aliphatic carbocycles. The van der Waals surface area contributed by atoms with E-state index in [-0.39, 0.29) is 31.6 Å². The number of halogens is 1. The van der Waals surface area contributed by atoms with Crippen LogP contribution in [0.15, 0.2) is 12.7 Å². The molecule has 0 N–H and O–H groups in total. The number of hydrogen-bond acceptors (Lipinski definition) is 7. The van der Waals surface area contributed by atoms with Crippen LogP contribution >= 0.6 is 11.6 Å². The normalized spacial score (nSPS) is 26.7. The lowest BCUT2D eigenvalue weighted by Crippen LogP contribution is -2.40. The van der Waals surface area contributed by atoms with Crippen molar-refractivity contribution in [2.24, 2.45) is 17.7 Å². The van der Waals surface area contributed by atoms with Gasteiger partial charge >= 0.3 is 0 Å². The fourth-order valence-corrected chi connectivity index (χ4v) is 3.54. The SMILES string of the molecule is [2H]C(C)(C)COC[C@H]1OC(n2cnc3c(Cl)ncnc32)[C@H](OCC([2H])(C)C)[C@@H]1OCC([2H])(C)C. The van der Waals surface area contributed by atoms with Crippen molar-refractivity contribution in [2.45, 2.75) is 66.1 Å². The van der Waals surface area contributed by atoms with Gasteiger partial charge in [-0.3, -0.25) is 4.57 Å². The van der Waals surface area contributed by atoms with Gasteiger partial charge in [0.1, 0.15) is 30.2 Å². The molecule has 0 spiro atoms. The third-order valence-electron chi connectivity index (χ3n) is 4.68. The van der Waals surface area contributed by atoms with E-state index in [0.29, 0.717) is 11.2 Å². The van der Waals surface area contributed by atoms with Gasteiger partial charge in [0.25, 0.3) is 0 Å². The average Bonchev–Trinajstić information content (AvgIpc) is 3.24. The quantitative estimate of drug-likeness (QED) is 0.469. The number of aromatic nitrogens is 4. The Morgan fingerprint density at radius 2 is 1.65 bits per heavy atom. The molecular formula is C22H35ClN4O4. The van der Waals surface area contributed by atoms with Crippen molar-refractivity contribution in [1.82, 2.24) is 19.5 Å². The Balaban J connectivity index is 1.94. The molecule has 31 heavy (non-hydrogen) atoms.